The van der Waals surface area contributed by atoms with Crippen LogP contribution in [0.1, 0.15) is 25.5 Å². The van der Waals surface area contributed by atoms with E-state index in [0.29, 0.717) is 6.54 Å². The number of aromatic amines is 1. The topological polar surface area (TPSA) is 119 Å². The average Bonchev–Trinajstić information content (AvgIpc) is 2.96. The summed E-state index contributed by atoms with van der Waals surface area (Å²) in [6, 6.07) is -0.409. The summed E-state index contributed by atoms with van der Waals surface area (Å²) in [4.78, 5) is -0.00954. The van der Waals surface area contributed by atoms with Crippen molar-refractivity contribution < 1.29 is 8.42 Å². The first kappa shape index (κ1) is 13.6. The summed E-state index contributed by atoms with van der Waals surface area (Å²) in [7, 11) is -3.71. The van der Waals surface area contributed by atoms with Gasteiger partial charge in [0, 0.05) is 30.5 Å². The molecule has 0 aliphatic heterocycles. The summed E-state index contributed by atoms with van der Waals surface area (Å²) >= 11 is 0. The van der Waals surface area contributed by atoms with Gasteiger partial charge < -0.3 is 5.73 Å². The highest BCUT2D eigenvalue weighted by Crippen LogP contribution is 2.19. The molecule has 8 nitrogen and oxygen atoms in total. The van der Waals surface area contributed by atoms with Crippen LogP contribution in [-0.2, 0) is 16.6 Å². The van der Waals surface area contributed by atoms with E-state index in [-0.39, 0.29) is 10.7 Å². The van der Waals surface area contributed by atoms with Crippen molar-refractivity contribution in [2.45, 2.75) is 31.3 Å². The number of hydrogen-bond acceptors (Lipinski definition) is 5. The Hall–Kier alpha value is -1.87. The van der Waals surface area contributed by atoms with Crippen molar-refractivity contribution in [1.82, 2.24) is 24.7 Å². The number of H-pyrrole nitrogens is 1. The van der Waals surface area contributed by atoms with E-state index in [1.165, 1.54) is 10.9 Å². The minimum Gasteiger partial charge on any atom is -0.381 e. The van der Waals surface area contributed by atoms with Crippen molar-refractivity contribution in [3.63, 3.8) is 0 Å². The smallest absolute Gasteiger partial charge is 0.246 e. The van der Waals surface area contributed by atoms with Crippen molar-refractivity contribution >= 4 is 15.8 Å². The number of nitrogens with one attached hydrogen (secondary N) is 2. The largest absolute Gasteiger partial charge is 0.381 e. The van der Waals surface area contributed by atoms with Crippen molar-refractivity contribution in [3.05, 3.63) is 24.2 Å². The molecular formula is C10H16N6O2S. The molecule has 19 heavy (non-hydrogen) atoms. The molecule has 0 amide bonds. The van der Waals surface area contributed by atoms with Crippen LogP contribution < -0.4 is 10.5 Å². The van der Waals surface area contributed by atoms with Crippen LogP contribution in [0.25, 0.3) is 0 Å². The highest BCUT2D eigenvalue weighted by molar-refractivity contribution is 7.89. The van der Waals surface area contributed by atoms with Crippen molar-refractivity contribution in [2.24, 2.45) is 0 Å². The van der Waals surface area contributed by atoms with Gasteiger partial charge in [0.25, 0.3) is 0 Å². The lowest BCUT2D eigenvalue weighted by molar-refractivity contribution is 0.567. The van der Waals surface area contributed by atoms with Gasteiger partial charge in [-0.15, -0.1) is 0 Å². The third-order valence-electron chi connectivity index (χ3n) is 2.72. The number of aromatic nitrogens is 4. The fourth-order valence-electron chi connectivity index (χ4n) is 1.65. The Balaban J connectivity index is 2.25. The zero-order valence-electron chi connectivity index (χ0n) is 10.7. The maximum atomic E-state index is 12.2. The van der Waals surface area contributed by atoms with Crippen molar-refractivity contribution in [3.8, 4) is 0 Å². The van der Waals surface area contributed by atoms with Crippen LogP contribution in [0.2, 0.25) is 0 Å². The molecule has 0 aliphatic carbocycles. The van der Waals surface area contributed by atoms with E-state index in [2.05, 4.69) is 20.0 Å². The third-order valence-corrected chi connectivity index (χ3v) is 4.28. The lowest BCUT2D eigenvalue weighted by Crippen LogP contribution is -2.27. The fraction of sp³-hybridized carbons (Fsp3) is 0.400. The minimum absolute atomic E-state index is 0.00579. The Labute approximate surface area is 111 Å². The van der Waals surface area contributed by atoms with E-state index in [0.717, 1.165) is 5.56 Å². The van der Waals surface area contributed by atoms with Crippen molar-refractivity contribution in [2.75, 3.05) is 5.73 Å². The first-order valence-electron chi connectivity index (χ1n) is 5.78. The summed E-state index contributed by atoms with van der Waals surface area (Å²) in [5.41, 5.74) is 6.37. The molecule has 9 heteroatoms. The number of hydrogen-bond donors (Lipinski definition) is 3. The zero-order chi connectivity index (χ0) is 14.0. The summed E-state index contributed by atoms with van der Waals surface area (Å²) in [6.45, 7) is 4.13. The molecular weight excluding hydrogens is 268 g/mol. The van der Waals surface area contributed by atoms with Crippen LogP contribution >= 0.6 is 0 Å². The van der Waals surface area contributed by atoms with Crippen LogP contribution in [-0.4, -0.2) is 28.4 Å². The van der Waals surface area contributed by atoms with Gasteiger partial charge in [-0.25, -0.2) is 13.1 Å². The van der Waals surface area contributed by atoms with E-state index in [4.69, 9.17) is 5.73 Å². The second-order valence-electron chi connectivity index (χ2n) is 4.11. The molecule has 4 N–H and O–H groups in total. The number of rotatable bonds is 5. The first-order chi connectivity index (χ1) is 8.94. The number of anilines is 1. The zero-order valence-corrected chi connectivity index (χ0v) is 11.5. The Morgan fingerprint density at radius 3 is 2.84 bits per heavy atom. The molecule has 2 heterocycles. The van der Waals surface area contributed by atoms with E-state index in [9.17, 15) is 8.42 Å². The lowest BCUT2D eigenvalue weighted by Gasteiger charge is -2.11. The summed E-state index contributed by atoms with van der Waals surface area (Å²) in [6.07, 6.45) is 4.61. The molecule has 1 unspecified atom stereocenters. The van der Waals surface area contributed by atoms with Crippen LogP contribution in [0.5, 0.6) is 0 Å². The van der Waals surface area contributed by atoms with Crippen LogP contribution in [0, 0.1) is 0 Å². The molecule has 2 rings (SSSR count). The van der Waals surface area contributed by atoms with E-state index in [1.807, 2.05) is 6.92 Å². The second kappa shape index (κ2) is 5.02. The monoisotopic (exact) mass is 284 g/mol. The number of nitrogens with two attached hydrogens (primary N) is 1. The standard InChI is InChI=1S/C10H16N6O2S/c1-3-16-6-9(10(11)14-16)19(17,18)15-7(2)8-4-12-13-5-8/h4-7,15H,3H2,1-2H3,(H2,11,14)(H,12,13). The summed E-state index contributed by atoms with van der Waals surface area (Å²) in [5, 5.41) is 10.3. The Kier molecular flexibility index (Phi) is 3.58. The van der Waals surface area contributed by atoms with Gasteiger partial charge in [0.2, 0.25) is 10.0 Å². The van der Waals surface area contributed by atoms with Gasteiger partial charge in [-0.05, 0) is 13.8 Å². The lowest BCUT2D eigenvalue weighted by atomic mass is 10.2. The number of nitrogen functional groups attached to an aromatic ring is 1. The Morgan fingerprint density at radius 2 is 2.32 bits per heavy atom. The van der Waals surface area contributed by atoms with E-state index in [1.54, 1.807) is 19.3 Å². The predicted molar refractivity (Wildman–Crippen MR) is 69.6 cm³/mol. The van der Waals surface area contributed by atoms with Crippen LogP contribution in [0.4, 0.5) is 5.82 Å². The average molecular weight is 284 g/mol. The molecule has 0 fully saturated rings. The van der Waals surface area contributed by atoms with E-state index < -0.39 is 16.1 Å². The van der Waals surface area contributed by atoms with Crippen LogP contribution in [0.15, 0.2) is 23.5 Å². The summed E-state index contributed by atoms with van der Waals surface area (Å²) < 4.78 is 28.4. The maximum absolute atomic E-state index is 12.2. The van der Waals surface area contributed by atoms with Crippen LogP contribution in [0.3, 0.4) is 0 Å². The van der Waals surface area contributed by atoms with Crippen molar-refractivity contribution in [1.29, 1.82) is 0 Å². The molecule has 2 aromatic rings. The van der Waals surface area contributed by atoms with Gasteiger partial charge in [-0.1, -0.05) is 0 Å². The SMILES string of the molecule is CCn1cc(S(=O)(=O)NC(C)c2cn[nH]c2)c(N)n1. The summed E-state index contributed by atoms with van der Waals surface area (Å²) in [5.74, 6) is -0.00579. The third kappa shape index (κ3) is 2.76. The minimum atomic E-state index is -3.71. The van der Waals surface area contributed by atoms with Gasteiger partial charge in [-0.3, -0.25) is 9.78 Å². The molecule has 0 bridgehead atoms. The van der Waals surface area contributed by atoms with Gasteiger partial charge in [-0.2, -0.15) is 10.2 Å². The molecule has 2 aromatic heterocycles. The molecule has 0 saturated heterocycles. The molecule has 1 atom stereocenters. The second-order valence-corrected chi connectivity index (χ2v) is 5.79. The Bertz CT molecular complexity index is 646. The number of nitrogens with zero attached hydrogens (tertiary/aromatic N) is 3. The highest BCUT2D eigenvalue weighted by Gasteiger charge is 2.23. The molecule has 104 valence electrons. The highest BCUT2D eigenvalue weighted by atomic mass is 32.2. The Morgan fingerprint density at radius 1 is 1.58 bits per heavy atom. The predicted octanol–water partition coefficient (Wildman–Crippen LogP) is 0.248. The van der Waals surface area contributed by atoms with Gasteiger partial charge in [0.05, 0.1) is 6.20 Å². The number of aryl methyl sites for hydroxylation is 1. The molecule has 0 aromatic carbocycles. The van der Waals surface area contributed by atoms with Gasteiger partial charge >= 0.3 is 0 Å². The quantitative estimate of drug-likeness (QED) is 0.727. The van der Waals surface area contributed by atoms with E-state index >= 15 is 0 Å². The van der Waals surface area contributed by atoms with Gasteiger partial charge in [0.1, 0.15) is 4.90 Å². The molecule has 0 radical (unpaired) electrons. The van der Waals surface area contributed by atoms with Gasteiger partial charge in [0.15, 0.2) is 5.82 Å². The fourth-order valence-corrected chi connectivity index (χ4v) is 2.95. The number of sulfonamides is 1. The maximum Gasteiger partial charge on any atom is 0.246 e. The first-order valence-corrected chi connectivity index (χ1v) is 7.26. The molecule has 0 saturated carbocycles. The normalized spacial score (nSPS) is 13.6. The molecule has 0 spiro atoms. The molecule has 0 aliphatic rings.